The first-order valence-electron chi connectivity index (χ1n) is 7.92. The van der Waals surface area contributed by atoms with E-state index in [1.54, 1.807) is 0 Å². The highest BCUT2D eigenvalue weighted by Crippen LogP contribution is 2.32. The monoisotopic (exact) mass is 293 g/mol. The topological polar surface area (TPSA) is 72.0 Å². The smallest absolute Gasteiger partial charge is 0.323 e. The Hall–Kier alpha value is -1.59. The molecule has 0 aliphatic heterocycles. The Morgan fingerprint density at radius 1 is 1.14 bits per heavy atom. The minimum absolute atomic E-state index is 0.0418. The van der Waals surface area contributed by atoms with Crippen molar-refractivity contribution in [1.29, 1.82) is 0 Å². The van der Waals surface area contributed by atoms with Gasteiger partial charge >= 0.3 is 6.01 Å². The number of hydrogen-bond acceptors (Lipinski definition) is 6. The van der Waals surface area contributed by atoms with Gasteiger partial charge in [0, 0.05) is 12.6 Å². The summed E-state index contributed by atoms with van der Waals surface area (Å²) in [6, 6.07) is 0.793. The fourth-order valence-corrected chi connectivity index (χ4v) is 2.66. The molecule has 118 valence electrons. The van der Waals surface area contributed by atoms with Crippen molar-refractivity contribution >= 4 is 11.9 Å². The molecular formula is C15H27N5O. The molecule has 0 spiro atoms. The Morgan fingerprint density at radius 2 is 1.86 bits per heavy atom. The van der Waals surface area contributed by atoms with E-state index in [1.807, 2.05) is 20.8 Å². The van der Waals surface area contributed by atoms with Crippen molar-refractivity contribution in [3.05, 3.63) is 0 Å². The van der Waals surface area contributed by atoms with Crippen LogP contribution in [0, 0.1) is 11.8 Å². The van der Waals surface area contributed by atoms with E-state index in [0.29, 0.717) is 29.9 Å². The normalized spacial score (nSPS) is 25.1. The molecule has 2 rings (SSSR count). The molecule has 0 aromatic carbocycles. The zero-order chi connectivity index (χ0) is 15.4. The molecule has 1 aromatic heterocycles. The molecule has 0 amide bonds. The van der Waals surface area contributed by atoms with Crippen molar-refractivity contribution in [2.45, 2.75) is 59.6 Å². The van der Waals surface area contributed by atoms with Gasteiger partial charge in [-0.15, -0.1) is 0 Å². The van der Waals surface area contributed by atoms with Crippen LogP contribution >= 0.6 is 0 Å². The highest BCUT2D eigenvalue weighted by Gasteiger charge is 2.30. The molecule has 0 saturated heterocycles. The first-order valence-corrected chi connectivity index (χ1v) is 7.92. The van der Waals surface area contributed by atoms with E-state index >= 15 is 0 Å². The van der Waals surface area contributed by atoms with E-state index in [-0.39, 0.29) is 6.10 Å². The number of anilines is 2. The molecule has 1 saturated carbocycles. The average Bonchev–Trinajstić information content (AvgIpc) is 2.70. The van der Waals surface area contributed by atoms with Gasteiger partial charge in [0.2, 0.25) is 11.9 Å². The number of nitrogens with zero attached hydrogens (tertiary/aromatic N) is 3. The number of rotatable bonds is 6. The zero-order valence-corrected chi connectivity index (χ0v) is 13.7. The highest BCUT2D eigenvalue weighted by atomic mass is 16.5. The van der Waals surface area contributed by atoms with Crippen molar-refractivity contribution in [3.8, 4) is 6.01 Å². The summed E-state index contributed by atoms with van der Waals surface area (Å²) in [6.07, 6.45) is 2.45. The van der Waals surface area contributed by atoms with Crippen LogP contribution in [0.1, 0.15) is 47.5 Å². The van der Waals surface area contributed by atoms with Gasteiger partial charge in [0.1, 0.15) is 0 Å². The van der Waals surface area contributed by atoms with Crippen molar-refractivity contribution < 1.29 is 4.74 Å². The lowest BCUT2D eigenvalue weighted by atomic mass is 9.98. The molecule has 0 radical (unpaired) electrons. The highest BCUT2D eigenvalue weighted by molar-refractivity contribution is 5.37. The van der Waals surface area contributed by atoms with Crippen molar-refractivity contribution in [1.82, 2.24) is 15.0 Å². The van der Waals surface area contributed by atoms with Crippen molar-refractivity contribution in [2.75, 3.05) is 17.2 Å². The summed E-state index contributed by atoms with van der Waals surface area (Å²) in [6.45, 7) is 11.3. The van der Waals surface area contributed by atoms with Crippen molar-refractivity contribution in [2.24, 2.45) is 11.8 Å². The molecule has 1 fully saturated rings. The van der Waals surface area contributed by atoms with Crippen LogP contribution in [0.15, 0.2) is 0 Å². The third-order valence-corrected chi connectivity index (χ3v) is 4.07. The fraction of sp³-hybridized carbons (Fsp3) is 0.800. The molecule has 3 atom stereocenters. The minimum Gasteiger partial charge on any atom is -0.461 e. The van der Waals surface area contributed by atoms with Crippen molar-refractivity contribution in [3.63, 3.8) is 0 Å². The third kappa shape index (κ3) is 4.19. The van der Waals surface area contributed by atoms with Crippen LogP contribution in [-0.2, 0) is 0 Å². The van der Waals surface area contributed by atoms with Crippen LogP contribution in [0.3, 0.4) is 0 Å². The van der Waals surface area contributed by atoms with Gasteiger partial charge in [-0.25, -0.2) is 0 Å². The number of aromatic nitrogens is 3. The SMILES string of the molecule is CCNc1nc(NC2CCC(C)C2C)nc(OC(C)C)n1. The van der Waals surface area contributed by atoms with Gasteiger partial charge in [-0.1, -0.05) is 13.8 Å². The summed E-state index contributed by atoms with van der Waals surface area (Å²) in [5, 5.41) is 6.58. The summed E-state index contributed by atoms with van der Waals surface area (Å²) in [5.74, 6) is 2.52. The number of ether oxygens (including phenoxy) is 1. The Kier molecular flexibility index (Phi) is 5.20. The van der Waals surface area contributed by atoms with Crippen LogP contribution < -0.4 is 15.4 Å². The van der Waals surface area contributed by atoms with Crippen LogP contribution in [0.5, 0.6) is 6.01 Å². The predicted octanol–water partition coefficient (Wildman–Crippen LogP) is 2.94. The summed E-state index contributed by atoms with van der Waals surface area (Å²) >= 11 is 0. The summed E-state index contributed by atoms with van der Waals surface area (Å²) in [5.41, 5.74) is 0. The Morgan fingerprint density at radius 3 is 2.43 bits per heavy atom. The largest absolute Gasteiger partial charge is 0.461 e. The van der Waals surface area contributed by atoms with E-state index in [2.05, 4.69) is 39.4 Å². The van der Waals surface area contributed by atoms with Gasteiger partial charge in [-0.05, 0) is 45.4 Å². The molecule has 1 aromatic rings. The Balaban J connectivity index is 2.15. The summed E-state index contributed by atoms with van der Waals surface area (Å²) in [4.78, 5) is 13.1. The van der Waals surface area contributed by atoms with E-state index in [0.717, 1.165) is 18.9 Å². The Labute approximate surface area is 127 Å². The van der Waals surface area contributed by atoms with Crippen LogP contribution in [0.2, 0.25) is 0 Å². The summed E-state index contributed by atoms with van der Waals surface area (Å²) in [7, 11) is 0. The quantitative estimate of drug-likeness (QED) is 0.840. The van der Waals surface area contributed by atoms with Crippen LogP contribution in [-0.4, -0.2) is 33.6 Å². The molecule has 21 heavy (non-hydrogen) atoms. The van der Waals surface area contributed by atoms with Gasteiger partial charge in [-0.3, -0.25) is 0 Å². The van der Waals surface area contributed by atoms with Gasteiger partial charge in [0.15, 0.2) is 0 Å². The third-order valence-electron chi connectivity index (χ3n) is 4.07. The molecule has 1 heterocycles. The van der Waals surface area contributed by atoms with Gasteiger partial charge in [-0.2, -0.15) is 15.0 Å². The lowest BCUT2D eigenvalue weighted by Gasteiger charge is -2.20. The maximum absolute atomic E-state index is 5.61. The second kappa shape index (κ2) is 6.91. The molecule has 1 aliphatic carbocycles. The maximum Gasteiger partial charge on any atom is 0.323 e. The molecule has 2 N–H and O–H groups in total. The molecule has 6 nitrogen and oxygen atoms in total. The lowest BCUT2D eigenvalue weighted by Crippen LogP contribution is -2.26. The minimum atomic E-state index is 0.0418. The van der Waals surface area contributed by atoms with Crippen LogP contribution in [0.4, 0.5) is 11.9 Å². The summed E-state index contributed by atoms with van der Waals surface area (Å²) < 4.78 is 5.61. The van der Waals surface area contributed by atoms with E-state index in [4.69, 9.17) is 4.74 Å². The van der Waals surface area contributed by atoms with E-state index in [9.17, 15) is 0 Å². The first-order chi connectivity index (χ1) is 9.99. The average molecular weight is 293 g/mol. The van der Waals surface area contributed by atoms with Gasteiger partial charge < -0.3 is 15.4 Å². The number of nitrogens with one attached hydrogen (secondary N) is 2. The van der Waals surface area contributed by atoms with E-state index < -0.39 is 0 Å². The molecule has 6 heteroatoms. The zero-order valence-electron chi connectivity index (χ0n) is 13.7. The second-order valence-corrected chi connectivity index (χ2v) is 6.13. The van der Waals surface area contributed by atoms with Gasteiger partial charge in [0.25, 0.3) is 0 Å². The van der Waals surface area contributed by atoms with Crippen LogP contribution in [0.25, 0.3) is 0 Å². The fourth-order valence-electron chi connectivity index (χ4n) is 2.66. The van der Waals surface area contributed by atoms with Gasteiger partial charge in [0.05, 0.1) is 6.10 Å². The molecule has 1 aliphatic rings. The lowest BCUT2D eigenvalue weighted by molar-refractivity contribution is 0.222. The molecule has 0 bridgehead atoms. The standard InChI is InChI=1S/C15H27N5O/c1-6-16-13-18-14(20-15(19-13)21-9(2)3)17-12-8-7-10(4)11(12)5/h9-12H,6-8H2,1-5H3,(H2,16,17,18,19,20). The number of hydrogen-bond donors (Lipinski definition) is 2. The second-order valence-electron chi connectivity index (χ2n) is 6.13. The molecule has 3 unspecified atom stereocenters. The first kappa shape index (κ1) is 15.8. The van der Waals surface area contributed by atoms with E-state index in [1.165, 1.54) is 6.42 Å². The maximum atomic E-state index is 5.61. The molecular weight excluding hydrogens is 266 g/mol. The predicted molar refractivity (Wildman–Crippen MR) is 84.7 cm³/mol. The Bertz CT molecular complexity index is 465.